The molecule has 4 heteroatoms. The second-order valence-corrected chi connectivity index (χ2v) is 4.55. The molecular formula is C14H21NO3. The predicted octanol–water partition coefficient (Wildman–Crippen LogP) is 1.45. The first-order valence-corrected chi connectivity index (χ1v) is 6.46. The fraction of sp³-hybridized carbons (Fsp3) is 0.571. The normalized spacial score (nSPS) is 18.6. The Bertz CT molecular complexity index is 362. The van der Waals surface area contributed by atoms with E-state index in [4.69, 9.17) is 9.47 Å². The lowest BCUT2D eigenvalue weighted by Crippen LogP contribution is -2.38. The van der Waals surface area contributed by atoms with Gasteiger partial charge in [0.25, 0.3) is 0 Å². The van der Waals surface area contributed by atoms with Crippen LogP contribution in [0, 0.1) is 0 Å². The molecule has 100 valence electrons. The molecule has 1 heterocycles. The third-order valence-electron chi connectivity index (χ3n) is 3.12. The van der Waals surface area contributed by atoms with Gasteiger partial charge < -0.3 is 14.6 Å². The molecule has 0 spiro atoms. The molecule has 2 rings (SSSR count). The van der Waals surface area contributed by atoms with E-state index >= 15 is 0 Å². The number of aliphatic hydroxyl groups is 1. The average molecular weight is 251 g/mol. The van der Waals surface area contributed by atoms with E-state index in [0.29, 0.717) is 6.61 Å². The molecule has 0 amide bonds. The van der Waals surface area contributed by atoms with Crippen molar-refractivity contribution in [1.29, 1.82) is 0 Å². The molecule has 0 unspecified atom stereocenters. The van der Waals surface area contributed by atoms with Crippen molar-refractivity contribution in [2.24, 2.45) is 0 Å². The van der Waals surface area contributed by atoms with Crippen molar-refractivity contribution in [2.45, 2.75) is 13.0 Å². The van der Waals surface area contributed by atoms with Crippen LogP contribution in [0.2, 0.25) is 0 Å². The molecule has 0 aliphatic carbocycles. The van der Waals surface area contributed by atoms with Gasteiger partial charge in [-0.3, -0.25) is 4.90 Å². The highest BCUT2D eigenvalue weighted by atomic mass is 16.5. The summed E-state index contributed by atoms with van der Waals surface area (Å²) in [5, 5.41) is 9.50. The lowest BCUT2D eigenvalue weighted by atomic mass is 10.1. The topological polar surface area (TPSA) is 41.9 Å². The van der Waals surface area contributed by atoms with E-state index in [1.54, 1.807) is 6.92 Å². The van der Waals surface area contributed by atoms with E-state index in [0.717, 1.165) is 44.2 Å². The van der Waals surface area contributed by atoms with Crippen LogP contribution in [0.1, 0.15) is 18.6 Å². The summed E-state index contributed by atoms with van der Waals surface area (Å²) in [7, 11) is 0. The summed E-state index contributed by atoms with van der Waals surface area (Å²) >= 11 is 0. The quantitative estimate of drug-likeness (QED) is 0.860. The second-order valence-electron chi connectivity index (χ2n) is 4.55. The summed E-state index contributed by atoms with van der Waals surface area (Å²) < 4.78 is 11.0. The van der Waals surface area contributed by atoms with Crippen molar-refractivity contribution in [3.05, 3.63) is 29.8 Å². The Balaban J connectivity index is 1.77. The van der Waals surface area contributed by atoms with Crippen LogP contribution in [0.4, 0.5) is 0 Å². The molecule has 18 heavy (non-hydrogen) atoms. The van der Waals surface area contributed by atoms with E-state index in [1.165, 1.54) is 0 Å². The zero-order valence-electron chi connectivity index (χ0n) is 10.8. The zero-order chi connectivity index (χ0) is 12.8. The highest BCUT2D eigenvalue weighted by Gasteiger charge is 2.09. The Morgan fingerprint density at radius 2 is 2.17 bits per heavy atom. The van der Waals surface area contributed by atoms with Crippen LogP contribution in [-0.4, -0.2) is 49.5 Å². The lowest BCUT2D eigenvalue weighted by Gasteiger charge is -2.26. The van der Waals surface area contributed by atoms with Gasteiger partial charge in [-0.25, -0.2) is 0 Å². The number of hydrogen-bond acceptors (Lipinski definition) is 4. The van der Waals surface area contributed by atoms with Crippen LogP contribution in [0.15, 0.2) is 24.3 Å². The predicted molar refractivity (Wildman–Crippen MR) is 69.8 cm³/mol. The summed E-state index contributed by atoms with van der Waals surface area (Å²) in [6.07, 6.45) is -0.451. The molecular weight excluding hydrogens is 230 g/mol. The van der Waals surface area contributed by atoms with Gasteiger partial charge in [0, 0.05) is 19.6 Å². The molecule has 1 fully saturated rings. The van der Waals surface area contributed by atoms with Crippen molar-refractivity contribution in [2.75, 3.05) is 39.5 Å². The van der Waals surface area contributed by atoms with Gasteiger partial charge in [-0.2, -0.15) is 0 Å². The Kier molecular flexibility index (Phi) is 4.99. The van der Waals surface area contributed by atoms with Crippen LogP contribution in [-0.2, 0) is 4.74 Å². The van der Waals surface area contributed by atoms with Crippen LogP contribution in [0.5, 0.6) is 5.75 Å². The van der Waals surface area contributed by atoms with Gasteiger partial charge in [0.2, 0.25) is 0 Å². The number of nitrogens with zero attached hydrogens (tertiary/aromatic N) is 1. The maximum atomic E-state index is 9.50. The Morgan fingerprint density at radius 3 is 2.89 bits per heavy atom. The molecule has 4 nitrogen and oxygen atoms in total. The minimum Gasteiger partial charge on any atom is -0.492 e. The highest BCUT2D eigenvalue weighted by molar-refractivity contribution is 5.29. The smallest absolute Gasteiger partial charge is 0.119 e. The zero-order valence-corrected chi connectivity index (χ0v) is 10.8. The maximum Gasteiger partial charge on any atom is 0.119 e. The molecule has 1 aromatic rings. The van der Waals surface area contributed by atoms with E-state index in [-0.39, 0.29) is 0 Å². The third-order valence-corrected chi connectivity index (χ3v) is 3.12. The van der Waals surface area contributed by atoms with Crippen molar-refractivity contribution in [3.8, 4) is 5.75 Å². The summed E-state index contributed by atoms with van der Waals surface area (Å²) in [4.78, 5) is 2.34. The first-order valence-electron chi connectivity index (χ1n) is 6.46. The monoisotopic (exact) mass is 251 g/mol. The van der Waals surface area contributed by atoms with Crippen molar-refractivity contribution in [3.63, 3.8) is 0 Å². The van der Waals surface area contributed by atoms with E-state index < -0.39 is 6.10 Å². The SMILES string of the molecule is C[C@@H](O)c1cccc(OCCN2CCOCC2)c1. The van der Waals surface area contributed by atoms with E-state index in [2.05, 4.69) is 4.90 Å². The maximum absolute atomic E-state index is 9.50. The number of rotatable bonds is 5. The minimum absolute atomic E-state index is 0.451. The Labute approximate surface area is 108 Å². The van der Waals surface area contributed by atoms with Gasteiger partial charge >= 0.3 is 0 Å². The highest BCUT2D eigenvalue weighted by Crippen LogP contribution is 2.18. The molecule has 0 radical (unpaired) electrons. The van der Waals surface area contributed by atoms with Crippen LogP contribution < -0.4 is 4.74 Å². The first kappa shape index (κ1) is 13.3. The summed E-state index contributed by atoms with van der Waals surface area (Å²) in [5.41, 5.74) is 0.888. The number of morpholine rings is 1. The van der Waals surface area contributed by atoms with Gasteiger partial charge in [-0.05, 0) is 24.6 Å². The van der Waals surface area contributed by atoms with Gasteiger partial charge in [0.1, 0.15) is 12.4 Å². The minimum atomic E-state index is -0.451. The number of hydrogen-bond donors (Lipinski definition) is 1. The van der Waals surface area contributed by atoms with Crippen LogP contribution >= 0.6 is 0 Å². The number of benzene rings is 1. The largest absolute Gasteiger partial charge is 0.492 e. The number of aliphatic hydroxyl groups excluding tert-OH is 1. The molecule has 1 aliphatic rings. The molecule has 0 bridgehead atoms. The molecule has 0 saturated carbocycles. The first-order chi connectivity index (χ1) is 8.75. The standard InChI is InChI=1S/C14H21NO3/c1-12(16)13-3-2-4-14(11-13)18-10-7-15-5-8-17-9-6-15/h2-4,11-12,16H,5-10H2,1H3/t12-/m1/s1. The molecule has 1 saturated heterocycles. The second kappa shape index (κ2) is 6.73. The summed E-state index contributed by atoms with van der Waals surface area (Å²) in [6, 6.07) is 7.63. The summed E-state index contributed by atoms with van der Waals surface area (Å²) in [5.74, 6) is 0.821. The van der Waals surface area contributed by atoms with Gasteiger partial charge in [0.05, 0.1) is 19.3 Å². The summed E-state index contributed by atoms with van der Waals surface area (Å²) in [6.45, 7) is 6.95. The van der Waals surface area contributed by atoms with Gasteiger partial charge in [0.15, 0.2) is 0 Å². The fourth-order valence-electron chi connectivity index (χ4n) is 1.98. The number of ether oxygens (including phenoxy) is 2. The van der Waals surface area contributed by atoms with Crippen LogP contribution in [0.25, 0.3) is 0 Å². The third kappa shape index (κ3) is 3.98. The van der Waals surface area contributed by atoms with Crippen LogP contribution in [0.3, 0.4) is 0 Å². The molecule has 1 aliphatic heterocycles. The molecule has 0 aromatic heterocycles. The molecule has 1 aromatic carbocycles. The van der Waals surface area contributed by atoms with E-state index in [1.807, 2.05) is 24.3 Å². The Hall–Kier alpha value is -1.10. The average Bonchev–Trinajstić information content (AvgIpc) is 2.40. The van der Waals surface area contributed by atoms with E-state index in [9.17, 15) is 5.11 Å². The van der Waals surface area contributed by atoms with Crippen molar-refractivity contribution < 1.29 is 14.6 Å². The van der Waals surface area contributed by atoms with Gasteiger partial charge in [-0.15, -0.1) is 0 Å². The molecule has 1 N–H and O–H groups in total. The Morgan fingerprint density at radius 1 is 1.39 bits per heavy atom. The fourth-order valence-corrected chi connectivity index (χ4v) is 1.98. The van der Waals surface area contributed by atoms with Crippen molar-refractivity contribution in [1.82, 2.24) is 4.90 Å². The molecule has 1 atom stereocenters. The van der Waals surface area contributed by atoms with Crippen molar-refractivity contribution >= 4 is 0 Å². The lowest BCUT2D eigenvalue weighted by molar-refractivity contribution is 0.0322. The van der Waals surface area contributed by atoms with Gasteiger partial charge in [-0.1, -0.05) is 12.1 Å².